The summed E-state index contributed by atoms with van der Waals surface area (Å²) < 4.78 is 5.02. The summed E-state index contributed by atoms with van der Waals surface area (Å²) in [7, 11) is 0. The second-order valence-corrected chi connectivity index (χ2v) is 4.37. The third kappa shape index (κ3) is 1.84. The van der Waals surface area contributed by atoms with E-state index in [4.69, 9.17) is 14.9 Å². The fourth-order valence-electron chi connectivity index (χ4n) is 2.91. The van der Waals surface area contributed by atoms with Crippen LogP contribution in [0.2, 0.25) is 0 Å². The van der Waals surface area contributed by atoms with E-state index in [0.29, 0.717) is 12.3 Å². The third-order valence-corrected chi connectivity index (χ3v) is 3.48. The molecule has 84 valence electrons. The molecule has 0 saturated heterocycles. The maximum absolute atomic E-state index is 10.9. The molecule has 2 N–H and O–H groups in total. The van der Waals surface area contributed by atoms with Gasteiger partial charge in [0.15, 0.2) is 0 Å². The number of esters is 1. The van der Waals surface area contributed by atoms with Crippen LogP contribution >= 0.6 is 0 Å². The first-order valence-corrected chi connectivity index (χ1v) is 5.15. The zero-order chi connectivity index (χ0) is 11.0. The van der Waals surface area contributed by atoms with E-state index in [0.717, 1.165) is 12.8 Å². The van der Waals surface area contributed by atoms with Gasteiger partial charge in [0.2, 0.25) is 0 Å². The van der Waals surface area contributed by atoms with Crippen LogP contribution in [0.25, 0.3) is 0 Å². The second-order valence-electron chi connectivity index (χ2n) is 4.37. The minimum Gasteiger partial charge on any atom is -0.481 e. The highest BCUT2D eigenvalue weighted by atomic mass is 16.6. The van der Waals surface area contributed by atoms with Crippen molar-refractivity contribution in [3.05, 3.63) is 0 Å². The molecule has 2 saturated carbocycles. The van der Waals surface area contributed by atoms with E-state index in [1.54, 1.807) is 0 Å². The summed E-state index contributed by atoms with van der Waals surface area (Å²) in [6.07, 6.45) is 1.98. The van der Waals surface area contributed by atoms with Gasteiger partial charge in [-0.25, -0.2) is 4.79 Å². The molecule has 5 nitrogen and oxygen atoms in total. The van der Waals surface area contributed by atoms with E-state index in [9.17, 15) is 9.59 Å². The number of carboxylic acid groups (broad SMARTS) is 1. The number of carbonyl (C=O) groups excluding carboxylic acids is 1. The number of fused-ring (bicyclic) bond motifs is 2. The van der Waals surface area contributed by atoms with Gasteiger partial charge in [0.25, 0.3) is 0 Å². The molecule has 4 atom stereocenters. The Kier molecular flexibility index (Phi) is 2.65. The summed E-state index contributed by atoms with van der Waals surface area (Å²) in [5, 5.41) is 17.5. The van der Waals surface area contributed by atoms with Gasteiger partial charge in [-0.2, -0.15) is 0 Å². The molecule has 2 fully saturated rings. The Bertz CT molecular complexity index is 288. The van der Waals surface area contributed by atoms with Crippen LogP contribution in [0.4, 0.5) is 0 Å². The van der Waals surface area contributed by atoms with Crippen LogP contribution in [0.3, 0.4) is 0 Å². The van der Waals surface area contributed by atoms with Crippen LogP contribution in [-0.4, -0.2) is 34.9 Å². The first-order chi connectivity index (χ1) is 7.11. The van der Waals surface area contributed by atoms with Gasteiger partial charge in [0, 0.05) is 5.92 Å². The van der Waals surface area contributed by atoms with Gasteiger partial charge in [-0.1, -0.05) is 0 Å². The van der Waals surface area contributed by atoms with Crippen molar-refractivity contribution in [2.24, 2.45) is 17.8 Å². The van der Waals surface area contributed by atoms with Crippen molar-refractivity contribution in [1.82, 2.24) is 0 Å². The van der Waals surface area contributed by atoms with Crippen molar-refractivity contribution in [2.45, 2.75) is 25.4 Å². The van der Waals surface area contributed by atoms with E-state index in [1.165, 1.54) is 0 Å². The maximum Gasteiger partial charge on any atom is 0.332 e. The van der Waals surface area contributed by atoms with E-state index in [-0.39, 0.29) is 17.9 Å². The van der Waals surface area contributed by atoms with Crippen molar-refractivity contribution in [2.75, 3.05) is 6.61 Å². The van der Waals surface area contributed by atoms with Gasteiger partial charge in [0.1, 0.15) is 12.7 Å². The molecule has 0 aliphatic heterocycles. The average molecular weight is 214 g/mol. The van der Waals surface area contributed by atoms with Crippen molar-refractivity contribution in [1.29, 1.82) is 0 Å². The number of carbonyl (C=O) groups is 2. The lowest BCUT2D eigenvalue weighted by molar-refractivity contribution is -0.160. The zero-order valence-electron chi connectivity index (χ0n) is 8.26. The third-order valence-electron chi connectivity index (χ3n) is 3.48. The first kappa shape index (κ1) is 10.4. The molecule has 0 aromatic heterocycles. The molecule has 2 rings (SSSR count). The van der Waals surface area contributed by atoms with Gasteiger partial charge in [-0.3, -0.25) is 4.79 Å². The van der Waals surface area contributed by atoms with Crippen LogP contribution < -0.4 is 0 Å². The highest BCUT2D eigenvalue weighted by Crippen LogP contribution is 2.49. The second kappa shape index (κ2) is 3.81. The van der Waals surface area contributed by atoms with E-state index >= 15 is 0 Å². The number of aliphatic hydroxyl groups excluding tert-OH is 1. The highest BCUT2D eigenvalue weighted by molar-refractivity contribution is 5.72. The molecule has 0 aromatic rings. The Labute approximate surface area is 87.0 Å². The lowest BCUT2D eigenvalue weighted by Gasteiger charge is -2.26. The number of hydrogen-bond donors (Lipinski definition) is 2. The molecule has 2 aliphatic rings. The number of carboxylic acids is 1. The molecular weight excluding hydrogens is 200 g/mol. The van der Waals surface area contributed by atoms with Gasteiger partial charge in [-0.05, 0) is 25.2 Å². The molecule has 0 aromatic carbocycles. The average Bonchev–Trinajstić information content (AvgIpc) is 2.76. The van der Waals surface area contributed by atoms with Crippen molar-refractivity contribution < 1.29 is 24.5 Å². The van der Waals surface area contributed by atoms with E-state index in [2.05, 4.69) is 0 Å². The summed E-state index contributed by atoms with van der Waals surface area (Å²) in [6, 6.07) is 0. The fourth-order valence-corrected chi connectivity index (χ4v) is 2.91. The Morgan fingerprint density at radius 3 is 2.53 bits per heavy atom. The molecule has 0 spiro atoms. The molecule has 15 heavy (non-hydrogen) atoms. The van der Waals surface area contributed by atoms with Gasteiger partial charge in [-0.15, -0.1) is 0 Å². The van der Waals surface area contributed by atoms with Crippen molar-refractivity contribution in [3.8, 4) is 0 Å². The van der Waals surface area contributed by atoms with E-state index in [1.807, 2.05) is 0 Å². The van der Waals surface area contributed by atoms with Crippen molar-refractivity contribution >= 4 is 11.9 Å². The van der Waals surface area contributed by atoms with Gasteiger partial charge in [0.05, 0.1) is 5.92 Å². The van der Waals surface area contributed by atoms with Crippen molar-refractivity contribution in [3.63, 3.8) is 0 Å². The largest absolute Gasteiger partial charge is 0.481 e. The Hall–Kier alpha value is -1.10. The maximum atomic E-state index is 10.9. The zero-order valence-corrected chi connectivity index (χ0v) is 8.26. The number of ether oxygens (including phenoxy) is 1. The topological polar surface area (TPSA) is 83.8 Å². The summed E-state index contributed by atoms with van der Waals surface area (Å²) in [6.45, 7) is -0.633. The van der Waals surface area contributed by atoms with Gasteiger partial charge < -0.3 is 14.9 Å². The quantitative estimate of drug-likeness (QED) is 0.647. The standard InChI is InChI=1S/C10H14O5/c11-4-9(12)15-8-3-5-1-6(8)7(2-5)10(13)14/h5-8,11H,1-4H2,(H,13,14). The number of aliphatic carboxylic acids is 1. The predicted octanol–water partition coefficient (Wildman–Crippen LogP) is 0.0212. The molecule has 2 aliphatic carbocycles. The minimum absolute atomic E-state index is 0.0528. The molecule has 2 bridgehead atoms. The van der Waals surface area contributed by atoms with Gasteiger partial charge >= 0.3 is 11.9 Å². The number of hydrogen-bond acceptors (Lipinski definition) is 4. The van der Waals surface area contributed by atoms with Crippen LogP contribution in [0.15, 0.2) is 0 Å². The number of aliphatic hydroxyl groups is 1. The Morgan fingerprint density at radius 2 is 2.00 bits per heavy atom. The predicted molar refractivity (Wildman–Crippen MR) is 48.9 cm³/mol. The summed E-state index contributed by atoms with van der Waals surface area (Å²) in [4.78, 5) is 21.8. The lowest BCUT2D eigenvalue weighted by atomic mass is 9.87. The monoisotopic (exact) mass is 214 g/mol. The lowest BCUT2D eigenvalue weighted by Crippen LogP contribution is -2.33. The highest BCUT2D eigenvalue weighted by Gasteiger charge is 2.50. The molecule has 5 heteroatoms. The Morgan fingerprint density at radius 1 is 1.27 bits per heavy atom. The number of rotatable bonds is 3. The van der Waals surface area contributed by atoms with Crippen LogP contribution in [0, 0.1) is 17.8 Å². The molecular formula is C10H14O5. The van der Waals surface area contributed by atoms with Crippen LogP contribution in [0.5, 0.6) is 0 Å². The normalized spacial score (nSPS) is 37.9. The molecule has 4 unspecified atom stereocenters. The molecule has 0 heterocycles. The fraction of sp³-hybridized carbons (Fsp3) is 0.800. The summed E-state index contributed by atoms with van der Waals surface area (Å²) >= 11 is 0. The van der Waals surface area contributed by atoms with Crippen LogP contribution in [0.1, 0.15) is 19.3 Å². The summed E-state index contributed by atoms with van der Waals surface area (Å²) in [5.41, 5.74) is 0. The molecule has 0 amide bonds. The smallest absolute Gasteiger partial charge is 0.332 e. The Balaban J connectivity index is 1.99. The SMILES string of the molecule is O=C(CO)OC1CC2CC(C(=O)O)C1C2. The summed E-state index contributed by atoms with van der Waals surface area (Å²) in [5.74, 6) is -1.51. The van der Waals surface area contributed by atoms with E-state index < -0.39 is 18.5 Å². The molecule has 0 radical (unpaired) electrons. The first-order valence-electron chi connectivity index (χ1n) is 5.15. The van der Waals surface area contributed by atoms with Crippen LogP contribution in [-0.2, 0) is 14.3 Å². The minimum atomic E-state index is -0.799.